The predicted octanol–water partition coefficient (Wildman–Crippen LogP) is 2.24. The molecular weight excluding hydrogens is 302 g/mol. The summed E-state index contributed by atoms with van der Waals surface area (Å²) in [5, 5.41) is 2.85. The van der Waals surface area contributed by atoms with Crippen LogP contribution in [0.4, 0.5) is 0 Å². The third-order valence-corrected chi connectivity index (χ3v) is 4.46. The minimum absolute atomic E-state index is 0.172. The molecule has 0 aliphatic heterocycles. The lowest BCUT2D eigenvalue weighted by Crippen LogP contribution is -2.36. The largest absolute Gasteiger partial charge is 0.351 e. The van der Waals surface area contributed by atoms with Crippen molar-refractivity contribution in [2.45, 2.75) is 39.7 Å². The zero-order chi connectivity index (χ0) is 17.1. The summed E-state index contributed by atoms with van der Waals surface area (Å²) in [6.07, 6.45) is 4.72. The Labute approximate surface area is 141 Å². The van der Waals surface area contributed by atoms with Crippen molar-refractivity contribution in [1.29, 1.82) is 0 Å². The van der Waals surface area contributed by atoms with E-state index in [0.29, 0.717) is 18.9 Å². The molecule has 1 aliphatic carbocycles. The summed E-state index contributed by atoms with van der Waals surface area (Å²) in [5.74, 6) is 0.294. The van der Waals surface area contributed by atoms with Gasteiger partial charge in [-0.2, -0.15) is 0 Å². The molecule has 0 aromatic carbocycles. The molecule has 0 atom stereocenters. The summed E-state index contributed by atoms with van der Waals surface area (Å²) < 4.78 is 1.75. The van der Waals surface area contributed by atoms with E-state index in [1.165, 1.54) is 12.8 Å². The van der Waals surface area contributed by atoms with Crippen LogP contribution in [0, 0.1) is 19.8 Å². The summed E-state index contributed by atoms with van der Waals surface area (Å²) in [7, 11) is 0. The molecule has 24 heavy (non-hydrogen) atoms. The molecule has 0 spiro atoms. The zero-order valence-corrected chi connectivity index (χ0v) is 14.2. The molecule has 2 heterocycles. The van der Waals surface area contributed by atoms with Crippen LogP contribution < -0.4 is 10.9 Å². The number of aromatic nitrogens is 2. The molecule has 1 saturated carbocycles. The van der Waals surface area contributed by atoms with Crippen LogP contribution >= 0.6 is 0 Å². The van der Waals surface area contributed by atoms with Gasteiger partial charge in [-0.15, -0.1) is 0 Å². The van der Waals surface area contributed by atoms with Gasteiger partial charge in [-0.25, -0.2) is 0 Å². The fourth-order valence-corrected chi connectivity index (χ4v) is 2.93. The Hall–Kier alpha value is -2.43. The van der Waals surface area contributed by atoms with E-state index in [4.69, 9.17) is 0 Å². The Morgan fingerprint density at radius 3 is 2.79 bits per heavy atom. The molecule has 2 aromatic rings. The first-order chi connectivity index (χ1) is 11.6. The molecule has 1 aliphatic rings. The highest BCUT2D eigenvalue weighted by molar-refractivity contribution is 5.95. The molecule has 1 fully saturated rings. The number of amides is 1. The first-order valence-electron chi connectivity index (χ1n) is 8.45. The van der Waals surface area contributed by atoms with Gasteiger partial charge in [0.1, 0.15) is 5.56 Å². The minimum Gasteiger partial charge on any atom is -0.351 e. The second-order valence-electron chi connectivity index (χ2n) is 6.53. The highest BCUT2D eigenvalue weighted by Crippen LogP contribution is 2.30. The SMILES string of the molecule is Cc1cc(C)n(CC2CC2)c(=O)c1C(=O)NCCc1ccccn1. The molecule has 0 radical (unpaired) electrons. The van der Waals surface area contributed by atoms with E-state index in [1.54, 1.807) is 10.8 Å². The van der Waals surface area contributed by atoms with Crippen molar-refractivity contribution in [3.05, 3.63) is 63.3 Å². The van der Waals surface area contributed by atoms with Gasteiger partial charge in [0.05, 0.1) is 0 Å². The number of nitrogens with zero attached hydrogens (tertiary/aromatic N) is 2. The van der Waals surface area contributed by atoms with E-state index in [1.807, 2.05) is 38.1 Å². The standard InChI is InChI=1S/C19H23N3O2/c1-13-11-14(2)22(12-15-6-7-15)19(24)17(13)18(23)21-10-8-16-5-3-4-9-20-16/h3-5,9,11,15H,6-8,10,12H2,1-2H3,(H,21,23). The van der Waals surface area contributed by atoms with E-state index >= 15 is 0 Å². The van der Waals surface area contributed by atoms with Gasteiger partial charge >= 0.3 is 0 Å². The van der Waals surface area contributed by atoms with Crippen molar-refractivity contribution in [3.63, 3.8) is 0 Å². The van der Waals surface area contributed by atoms with Gasteiger partial charge in [0.15, 0.2) is 0 Å². The number of carbonyl (C=O) groups is 1. The van der Waals surface area contributed by atoms with Crippen molar-refractivity contribution >= 4 is 5.91 Å². The van der Waals surface area contributed by atoms with Gasteiger partial charge in [0.25, 0.3) is 11.5 Å². The minimum atomic E-state index is -0.294. The Kier molecular flexibility index (Phi) is 4.79. The monoisotopic (exact) mass is 325 g/mol. The smallest absolute Gasteiger partial charge is 0.263 e. The van der Waals surface area contributed by atoms with Crippen molar-refractivity contribution in [2.24, 2.45) is 5.92 Å². The average molecular weight is 325 g/mol. The van der Waals surface area contributed by atoms with E-state index < -0.39 is 0 Å². The average Bonchev–Trinajstić information content (AvgIpc) is 3.36. The van der Waals surface area contributed by atoms with Crippen molar-refractivity contribution in [1.82, 2.24) is 14.9 Å². The molecule has 0 unspecified atom stereocenters. The second-order valence-corrected chi connectivity index (χ2v) is 6.53. The van der Waals surface area contributed by atoms with Gasteiger partial charge in [-0.1, -0.05) is 6.07 Å². The quantitative estimate of drug-likeness (QED) is 0.886. The van der Waals surface area contributed by atoms with Crippen LogP contribution in [0.1, 0.15) is 40.2 Å². The topological polar surface area (TPSA) is 64.0 Å². The van der Waals surface area contributed by atoms with E-state index in [0.717, 1.165) is 23.5 Å². The molecular formula is C19H23N3O2. The maximum Gasteiger partial charge on any atom is 0.263 e. The van der Waals surface area contributed by atoms with E-state index in [2.05, 4.69) is 10.3 Å². The number of pyridine rings is 2. The van der Waals surface area contributed by atoms with E-state index in [9.17, 15) is 9.59 Å². The summed E-state index contributed by atoms with van der Waals surface area (Å²) in [4.78, 5) is 29.5. The van der Waals surface area contributed by atoms with Gasteiger partial charge < -0.3 is 9.88 Å². The Bertz CT molecular complexity index is 792. The Morgan fingerprint density at radius 2 is 2.12 bits per heavy atom. The van der Waals surface area contributed by atoms with Gasteiger partial charge in [-0.05, 0) is 56.4 Å². The molecule has 3 rings (SSSR count). The molecule has 0 saturated heterocycles. The lowest BCUT2D eigenvalue weighted by molar-refractivity contribution is 0.0951. The molecule has 5 heteroatoms. The molecule has 1 amide bonds. The third kappa shape index (κ3) is 3.72. The maximum atomic E-state index is 12.7. The summed E-state index contributed by atoms with van der Waals surface area (Å²) >= 11 is 0. The highest BCUT2D eigenvalue weighted by Gasteiger charge is 2.25. The normalized spacial score (nSPS) is 13.8. The summed E-state index contributed by atoms with van der Waals surface area (Å²) in [6.45, 7) is 4.94. The van der Waals surface area contributed by atoms with Crippen LogP contribution in [-0.4, -0.2) is 22.0 Å². The highest BCUT2D eigenvalue weighted by atomic mass is 16.2. The summed E-state index contributed by atoms with van der Waals surface area (Å²) in [5.41, 5.74) is 2.68. The molecule has 1 N–H and O–H groups in total. The number of rotatable bonds is 6. The van der Waals surface area contributed by atoms with Crippen LogP contribution in [0.3, 0.4) is 0 Å². The first-order valence-corrected chi connectivity index (χ1v) is 8.45. The predicted molar refractivity (Wildman–Crippen MR) is 93.2 cm³/mol. The maximum absolute atomic E-state index is 12.7. The molecule has 0 bridgehead atoms. The van der Waals surface area contributed by atoms with Gasteiger partial charge in [0.2, 0.25) is 0 Å². The Morgan fingerprint density at radius 1 is 1.33 bits per heavy atom. The second kappa shape index (κ2) is 6.99. The molecule has 5 nitrogen and oxygen atoms in total. The Balaban J connectivity index is 1.72. The van der Waals surface area contributed by atoms with E-state index in [-0.39, 0.29) is 17.0 Å². The van der Waals surface area contributed by atoms with Crippen LogP contribution in [0.2, 0.25) is 0 Å². The van der Waals surface area contributed by atoms with Crippen molar-refractivity contribution < 1.29 is 4.79 Å². The number of carbonyl (C=O) groups excluding carboxylic acids is 1. The number of hydrogen-bond acceptors (Lipinski definition) is 3. The third-order valence-electron chi connectivity index (χ3n) is 4.46. The van der Waals surface area contributed by atoms with Crippen molar-refractivity contribution in [2.75, 3.05) is 6.54 Å². The first kappa shape index (κ1) is 16.4. The van der Waals surface area contributed by atoms with Crippen molar-refractivity contribution in [3.8, 4) is 0 Å². The van der Waals surface area contributed by atoms with Crippen LogP contribution in [-0.2, 0) is 13.0 Å². The fraction of sp³-hybridized carbons (Fsp3) is 0.421. The number of nitrogens with one attached hydrogen (secondary N) is 1. The number of aryl methyl sites for hydroxylation is 2. The summed E-state index contributed by atoms with van der Waals surface area (Å²) in [6, 6.07) is 7.63. The molecule has 2 aromatic heterocycles. The van der Waals surface area contributed by atoms with Gasteiger partial charge in [-0.3, -0.25) is 14.6 Å². The van der Waals surface area contributed by atoms with Crippen LogP contribution in [0.5, 0.6) is 0 Å². The zero-order valence-electron chi connectivity index (χ0n) is 14.2. The lowest BCUT2D eigenvalue weighted by atomic mass is 10.1. The lowest BCUT2D eigenvalue weighted by Gasteiger charge is -2.14. The molecule has 126 valence electrons. The van der Waals surface area contributed by atoms with Crippen LogP contribution in [0.15, 0.2) is 35.3 Å². The van der Waals surface area contributed by atoms with Crippen LogP contribution in [0.25, 0.3) is 0 Å². The fourth-order valence-electron chi connectivity index (χ4n) is 2.93. The van der Waals surface area contributed by atoms with Gasteiger partial charge in [0, 0.05) is 37.1 Å². The number of hydrogen-bond donors (Lipinski definition) is 1.